The van der Waals surface area contributed by atoms with Gasteiger partial charge in [0.2, 0.25) is 0 Å². The van der Waals surface area contributed by atoms with E-state index in [1.165, 1.54) is 12.8 Å². The molecule has 0 amide bonds. The van der Waals surface area contributed by atoms with Crippen molar-refractivity contribution in [3.05, 3.63) is 18.0 Å². The number of carbonyl (C=O) groups is 1. The van der Waals surface area contributed by atoms with Gasteiger partial charge < -0.3 is 9.30 Å². The summed E-state index contributed by atoms with van der Waals surface area (Å²) < 4.78 is 8.89. The summed E-state index contributed by atoms with van der Waals surface area (Å²) in [5.74, 6) is 0.439. The first-order valence-corrected chi connectivity index (χ1v) is 6.39. The number of nitrogens with zero attached hydrogens (tertiary/aromatic N) is 3. The second-order valence-corrected chi connectivity index (χ2v) is 4.89. The van der Waals surface area contributed by atoms with Crippen LogP contribution >= 0.6 is 0 Å². The Labute approximate surface area is 105 Å². The number of aromatic nitrogens is 3. The van der Waals surface area contributed by atoms with Gasteiger partial charge in [0.25, 0.3) is 0 Å². The maximum absolute atomic E-state index is 11.9. The van der Waals surface area contributed by atoms with E-state index in [0.717, 1.165) is 17.6 Å². The van der Waals surface area contributed by atoms with Crippen molar-refractivity contribution in [2.24, 2.45) is 13.0 Å². The molecular weight excluding hydrogens is 230 g/mol. The first kappa shape index (κ1) is 11.3. The monoisotopic (exact) mass is 247 g/mol. The fraction of sp³-hybridized carbons (Fsp3) is 0.538. The number of esters is 1. The molecule has 0 unspecified atom stereocenters. The van der Waals surface area contributed by atoms with Crippen LogP contribution in [0.1, 0.15) is 30.3 Å². The van der Waals surface area contributed by atoms with Crippen LogP contribution in [0.3, 0.4) is 0 Å². The lowest BCUT2D eigenvalue weighted by atomic mass is 10.3. The minimum absolute atomic E-state index is 0.251. The highest BCUT2D eigenvalue weighted by Gasteiger charge is 2.26. The highest BCUT2D eigenvalue weighted by Crippen LogP contribution is 2.33. The number of fused-ring (bicyclic) bond motifs is 1. The summed E-state index contributed by atoms with van der Waals surface area (Å²) in [6, 6.07) is 1.88. The maximum Gasteiger partial charge on any atom is 0.355 e. The Hall–Kier alpha value is -1.78. The number of hydrogen-bond donors (Lipinski definition) is 0. The molecule has 3 rings (SSSR count). The van der Waals surface area contributed by atoms with Crippen molar-refractivity contribution in [1.82, 2.24) is 14.3 Å². The number of carbonyl (C=O) groups excluding carboxylic acids is 1. The van der Waals surface area contributed by atoms with Crippen molar-refractivity contribution in [3.63, 3.8) is 0 Å². The zero-order valence-electron chi connectivity index (χ0n) is 10.7. The highest BCUT2D eigenvalue weighted by molar-refractivity contribution is 5.94. The molecule has 1 aliphatic carbocycles. The third-order valence-corrected chi connectivity index (χ3v) is 3.30. The zero-order chi connectivity index (χ0) is 12.7. The Balaban J connectivity index is 2.04. The van der Waals surface area contributed by atoms with E-state index in [4.69, 9.17) is 4.74 Å². The molecule has 0 N–H and O–H groups in total. The lowest BCUT2D eigenvalue weighted by Crippen LogP contribution is -2.13. The van der Waals surface area contributed by atoms with Gasteiger partial charge in [-0.1, -0.05) is 0 Å². The molecule has 2 aromatic rings. The van der Waals surface area contributed by atoms with E-state index in [2.05, 4.69) is 5.10 Å². The van der Waals surface area contributed by atoms with Gasteiger partial charge >= 0.3 is 5.97 Å². The van der Waals surface area contributed by atoms with E-state index in [1.807, 2.05) is 30.8 Å². The molecule has 5 nitrogen and oxygen atoms in total. The smallest absolute Gasteiger partial charge is 0.355 e. The van der Waals surface area contributed by atoms with Crippen LogP contribution in [0, 0.1) is 5.92 Å². The van der Waals surface area contributed by atoms with E-state index in [9.17, 15) is 4.79 Å². The van der Waals surface area contributed by atoms with Crippen LogP contribution in [0.5, 0.6) is 0 Å². The van der Waals surface area contributed by atoms with Crippen molar-refractivity contribution in [2.45, 2.75) is 26.3 Å². The van der Waals surface area contributed by atoms with E-state index < -0.39 is 0 Å². The average molecular weight is 247 g/mol. The summed E-state index contributed by atoms with van der Waals surface area (Å²) in [6.07, 6.45) is 4.42. The molecule has 1 aliphatic rings. The van der Waals surface area contributed by atoms with Crippen LogP contribution in [0.4, 0.5) is 0 Å². The fourth-order valence-electron chi connectivity index (χ4n) is 2.26. The Kier molecular flexibility index (Phi) is 2.61. The summed E-state index contributed by atoms with van der Waals surface area (Å²) in [7, 11) is 1.89. The van der Waals surface area contributed by atoms with Crippen molar-refractivity contribution in [1.29, 1.82) is 0 Å². The van der Waals surface area contributed by atoms with Gasteiger partial charge in [0.05, 0.1) is 6.61 Å². The molecule has 0 atom stereocenters. The van der Waals surface area contributed by atoms with Gasteiger partial charge in [0.15, 0.2) is 5.65 Å². The van der Waals surface area contributed by atoms with Gasteiger partial charge in [-0.3, -0.25) is 4.68 Å². The minimum atomic E-state index is -0.251. The topological polar surface area (TPSA) is 49.1 Å². The molecule has 1 saturated carbocycles. The number of hydrogen-bond acceptors (Lipinski definition) is 3. The second-order valence-electron chi connectivity index (χ2n) is 4.89. The largest absolute Gasteiger partial charge is 0.461 e. The van der Waals surface area contributed by atoms with Gasteiger partial charge in [0.1, 0.15) is 5.69 Å². The highest BCUT2D eigenvalue weighted by atomic mass is 16.5. The summed E-state index contributed by atoms with van der Waals surface area (Å²) in [5.41, 5.74) is 1.51. The van der Waals surface area contributed by atoms with Crippen LogP contribution < -0.4 is 0 Å². The van der Waals surface area contributed by atoms with Crippen molar-refractivity contribution in [3.8, 4) is 0 Å². The molecule has 5 heteroatoms. The Morgan fingerprint density at radius 3 is 3.00 bits per heavy atom. The zero-order valence-corrected chi connectivity index (χ0v) is 10.7. The van der Waals surface area contributed by atoms with E-state index in [0.29, 0.717) is 18.2 Å². The van der Waals surface area contributed by atoms with Crippen molar-refractivity contribution >= 4 is 17.0 Å². The van der Waals surface area contributed by atoms with Crippen LogP contribution in [0.15, 0.2) is 12.3 Å². The van der Waals surface area contributed by atoms with E-state index in [1.54, 1.807) is 4.68 Å². The quantitative estimate of drug-likeness (QED) is 0.776. The van der Waals surface area contributed by atoms with Gasteiger partial charge in [-0.15, -0.1) is 0 Å². The van der Waals surface area contributed by atoms with Crippen molar-refractivity contribution in [2.75, 3.05) is 6.61 Å². The molecule has 0 aromatic carbocycles. The normalized spacial score (nSPS) is 15.2. The molecule has 0 spiro atoms. The molecule has 2 aromatic heterocycles. The fourth-order valence-corrected chi connectivity index (χ4v) is 2.26. The molecule has 0 saturated heterocycles. The Morgan fingerprint density at radius 1 is 1.56 bits per heavy atom. The van der Waals surface area contributed by atoms with Crippen LogP contribution in [-0.4, -0.2) is 26.9 Å². The van der Waals surface area contributed by atoms with Gasteiger partial charge in [0, 0.05) is 25.2 Å². The lowest BCUT2D eigenvalue weighted by Gasteiger charge is -2.08. The van der Waals surface area contributed by atoms with Crippen LogP contribution in [0.2, 0.25) is 0 Å². The lowest BCUT2D eigenvalue weighted by molar-refractivity contribution is 0.0514. The number of rotatable bonds is 4. The predicted molar refractivity (Wildman–Crippen MR) is 67.4 cm³/mol. The third-order valence-electron chi connectivity index (χ3n) is 3.30. The first-order valence-electron chi connectivity index (χ1n) is 6.39. The molecule has 0 bridgehead atoms. The number of ether oxygens (including phenoxy) is 1. The summed E-state index contributed by atoms with van der Waals surface area (Å²) in [6.45, 7) is 3.09. The van der Waals surface area contributed by atoms with Crippen LogP contribution in [-0.2, 0) is 18.3 Å². The second kappa shape index (κ2) is 4.15. The first-order chi connectivity index (χ1) is 8.69. The Morgan fingerprint density at radius 2 is 2.33 bits per heavy atom. The summed E-state index contributed by atoms with van der Waals surface area (Å²) in [5, 5.41) is 5.43. The number of aryl methyl sites for hydroxylation is 1. The molecule has 96 valence electrons. The van der Waals surface area contributed by atoms with E-state index >= 15 is 0 Å². The molecule has 2 heterocycles. The van der Waals surface area contributed by atoms with Crippen LogP contribution in [0.25, 0.3) is 11.0 Å². The van der Waals surface area contributed by atoms with Gasteiger partial charge in [-0.05, 0) is 31.7 Å². The van der Waals surface area contributed by atoms with Gasteiger partial charge in [-0.25, -0.2) is 4.79 Å². The standard InChI is InChI=1S/C13H17N3O2/c1-3-18-13(17)11-6-10-8-15(2)14-12(10)16(11)7-9-4-5-9/h6,8-9H,3-5,7H2,1-2H3. The third kappa shape index (κ3) is 1.89. The molecule has 0 radical (unpaired) electrons. The molecule has 0 aliphatic heterocycles. The average Bonchev–Trinajstić information content (AvgIpc) is 2.98. The Bertz CT molecular complexity index is 593. The predicted octanol–water partition coefficient (Wildman–Crippen LogP) is 1.96. The molecular formula is C13H17N3O2. The molecule has 1 fully saturated rings. The summed E-state index contributed by atoms with van der Waals surface area (Å²) in [4.78, 5) is 11.9. The van der Waals surface area contributed by atoms with Gasteiger partial charge in [-0.2, -0.15) is 5.10 Å². The summed E-state index contributed by atoms with van der Waals surface area (Å²) >= 11 is 0. The van der Waals surface area contributed by atoms with E-state index in [-0.39, 0.29) is 5.97 Å². The van der Waals surface area contributed by atoms with Crippen molar-refractivity contribution < 1.29 is 9.53 Å². The molecule has 18 heavy (non-hydrogen) atoms. The SMILES string of the molecule is CCOC(=O)c1cc2cn(C)nc2n1CC1CC1. The minimum Gasteiger partial charge on any atom is -0.461 e. The maximum atomic E-state index is 11.9.